The molecule has 17 heavy (non-hydrogen) atoms. The fourth-order valence-corrected chi connectivity index (χ4v) is 1.90. The molecule has 0 aliphatic carbocycles. The Morgan fingerprint density at radius 3 is 2.65 bits per heavy atom. The molecule has 0 amide bonds. The third-order valence-electron chi connectivity index (χ3n) is 2.95. The van der Waals surface area contributed by atoms with Gasteiger partial charge in [0.1, 0.15) is 0 Å². The Bertz CT molecular complexity index is 381. The van der Waals surface area contributed by atoms with Gasteiger partial charge in [-0.1, -0.05) is 49.4 Å². The largest absolute Gasteiger partial charge is 0.350 e. The first-order chi connectivity index (χ1) is 8.07. The Hall–Kier alpha value is -1.12. The summed E-state index contributed by atoms with van der Waals surface area (Å²) >= 11 is 0. The monoisotopic (exact) mass is 232 g/mol. The molecule has 92 valence electrons. The highest BCUT2D eigenvalue weighted by Gasteiger charge is 2.32. The molecule has 1 heterocycles. The summed E-state index contributed by atoms with van der Waals surface area (Å²) in [6.45, 7) is 6.82. The fraction of sp³-hybridized carbons (Fsp3) is 0.467. The molecule has 0 bridgehead atoms. The van der Waals surface area contributed by atoms with E-state index in [9.17, 15) is 0 Å². The van der Waals surface area contributed by atoms with Crippen LogP contribution in [0.5, 0.6) is 0 Å². The average Bonchev–Trinajstić information content (AvgIpc) is 2.32. The smallest absolute Gasteiger partial charge is 0.163 e. The van der Waals surface area contributed by atoms with E-state index in [0.717, 1.165) is 6.61 Å². The lowest BCUT2D eigenvalue weighted by molar-refractivity contribution is -0.279. The minimum atomic E-state index is -0.474. The lowest BCUT2D eigenvalue weighted by Crippen LogP contribution is -2.43. The predicted molar refractivity (Wildman–Crippen MR) is 69.5 cm³/mol. The summed E-state index contributed by atoms with van der Waals surface area (Å²) < 4.78 is 11.5. The molecule has 2 atom stereocenters. The maximum atomic E-state index is 5.90. The van der Waals surface area contributed by atoms with Crippen molar-refractivity contribution in [2.75, 3.05) is 6.61 Å². The van der Waals surface area contributed by atoms with Crippen molar-refractivity contribution in [3.8, 4) is 0 Å². The van der Waals surface area contributed by atoms with Gasteiger partial charge < -0.3 is 9.47 Å². The minimum absolute atomic E-state index is 0.124. The number of rotatable bonds is 2. The van der Waals surface area contributed by atoms with Crippen LogP contribution in [0, 0.1) is 5.92 Å². The molecule has 1 aromatic carbocycles. The van der Waals surface area contributed by atoms with Gasteiger partial charge in [0.15, 0.2) is 5.79 Å². The van der Waals surface area contributed by atoms with Gasteiger partial charge in [0.05, 0.1) is 12.7 Å². The van der Waals surface area contributed by atoms with Crippen molar-refractivity contribution in [2.45, 2.75) is 32.7 Å². The zero-order valence-corrected chi connectivity index (χ0v) is 10.7. The molecule has 0 radical (unpaired) electrons. The molecule has 0 saturated carbocycles. The van der Waals surface area contributed by atoms with Gasteiger partial charge in [-0.05, 0) is 19.4 Å². The minimum Gasteiger partial charge on any atom is -0.350 e. The van der Waals surface area contributed by atoms with Gasteiger partial charge in [0, 0.05) is 5.92 Å². The second-order valence-electron chi connectivity index (χ2n) is 5.04. The Morgan fingerprint density at radius 1 is 1.24 bits per heavy atom. The van der Waals surface area contributed by atoms with Crippen molar-refractivity contribution in [2.24, 2.45) is 5.92 Å². The van der Waals surface area contributed by atoms with Crippen LogP contribution < -0.4 is 0 Å². The molecular formula is C15H20O2. The summed E-state index contributed by atoms with van der Waals surface area (Å²) in [5, 5.41) is 0. The van der Waals surface area contributed by atoms with Crippen molar-refractivity contribution in [3.05, 3.63) is 42.0 Å². The molecule has 2 nitrogen and oxygen atoms in total. The number of hydrogen-bond donors (Lipinski definition) is 0. The number of ether oxygens (including phenoxy) is 2. The molecule has 1 aliphatic heterocycles. The topological polar surface area (TPSA) is 18.5 Å². The average molecular weight is 232 g/mol. The normalized spacial score (nSPS) is 28.4. The van der Waals surface area contributed by atoms with E-state index in [1.54, 1.807) is 0 Å². The second kappa shape index (κ2) is 5.03. The molecule has 0 N–H and O–H groups in total. The van der Waals surface area contributed by atoms with Crippen LogP contribution in [0.1, 0.15) is 26.3 Å². The highest BCUT2D eigenvalue weighted by molar-refractivity contribution is 5.49. The summed E-state index contributed by atoms with van der Waals surface area (Å²) in [6.07, 6.45) is 4.37. The lowest BCUT2D eigenvalue weighted by Gasteiger charge is -2.38. The van der Waals surface area contributed by atoms with Crippen molar-refractivity contribution in [3.63, 3.8) is 0 Å². The van der Waals surface area contributed by atoms with E-state index in [1.807, 2.05) is 32.0 Å². The van der Waals surface area contributed by atoms with Crippen LogP contribution >= 0.6 is 0 Å². The van der Waals surface area contributed by atoms with Crippen LogP contribution in [0.25, 0.3) is 6.08 Å². The standard InChI is InChI=1S/C15H20O2/c1-12-11-16-15(2,3)17-14(12)10-9-13-7-5-4-6-8-13/h4-10,12,14H,11H2,1-3H3/b10-9+/t12-,14-/m0/s1. The third-order valence-corrected chi connectivity index (χ3v) is 2.95. The molecule has 0 spiro atoms. The lowest BCUT2D eigenvalue weighted by atomic mass is 10.0. The predicted octanol–water partition coefficient (Wildman–Crippen LogP) is 3.49. The van der Waals surface area contributed by atoms with Crippen LogP contribution in [0.3, 0.4) is 0 Å². The van der Waals surface area contributed by atoms with Crippen LogP contribution in [0.15, 0.2) is 36.4 Å². The van der Waals surface area contributed by atoms with E-state index < -0.39 is 5.79 Å². The van der Waals surface area contributed by atoms with Gasteiger partial charge >= 0.3 is 0 Å². The Labute approximate surface area is 103 Å². The Kier molecular flexibility index (Phi) is 3.65. The molecular weight excluding hydrogens is 212 g/mol. The van der Waals surface area contributed by atoms with Crippen LogP contribution in [0.2, 0.25) is 0 Å². The van der Waals surface area contributed by atoms with Crippen molar-refractivity contribution in [1.29, 1.82) is 0 Å². The molecule has 1 saturated heterocycles. The summed E-state index contributed by atoms with van der Waals surface area (Å²) in [6, 6.07) is 10.3. The first-order valence-electron chi connectivity index (χ1n) is 6.12. The van der Waals surface area contributed by atoms with E-state index >= 15 is 0 Å². The van der Waals surface area contributed by atoms with Gasteiger partial charge in [0.2, 0.25) is 0 Å². The zero-order valence-electron chi connectivity index (χ0n) is 10.7. The fourth-order valence-electron chi connectivity index (χ4n) is 1.90. The Morgan fingerprint density at radius 2 is 1.94 bits per heavy atom. The van der Waals surface area contributed by atoms with Crippen LogP contribution in [-0.2, 0) is 9.47 Å². The summed E-state index contributed by atoms with van der Waals surface area (Å²) in [4.78, 5) is 0. The van der Waals surface area contributed by atoms with Crippen LogP contribution in [0.4, 0.5) is 0 Å². The first-order valence-corrected chi connectivity index (χ1v) is 6.12. The van der Waals surface area contributed by atoms with Crippen molar-refractivity contribution < 1.29 is 9.47 Å². The summed E-state index contributed by atoms with van der Waals surface area (Å²) in [5.41, 5.74) is 1.20. The maximum absolute atomic E-state index is 5.90. The third kappa shape index (κ3) is 3.42. The second-order valence-corrected chi connectivity index (χ2v) is 5.04. The van der Waals surface area contributed by atoms with Gasteiger partial charge in [-0.25, -0.2) is 0 Å². The van der Waals surface area contributed by atoms with Crippen molar-refractivity contribution >= 4 is 6.08 Å². The van der Waals surface area contributed by atoms with E-state index in [0.29, 0.717) is 5.92 Å². The molecule has 2 heteroatoms. The molecule has 1 aromatic rings. The molecule has 1 fully saturated rings. The van der Waals surface area contributed by atoms with Gasteiger partial charge in [-0.2, -0.15) is 0 Å². The van der Waals surface area contributed by atoms with Crippen molar-refractivity contribution in [1.82, 2.24) is 0 Å². The highest BCUT2D eigenvalue weighted by atomic mass is 16.7. The van der Waals surface area contributed by atoms with Gasteiger partial charge in [-0.15, -0.1) is 0 Å². The zero-order chi connectivity index (χ0) is 12.3. The van der Waals surface area contributed by atoms with Crippen LogP contribution in [-0.4, -0.2) is 18.5 Å². The van der Waals surface area contributed by atoms with E-state index in [1.165, 1.54) is 5.56 Å². The van der Waals surface area contributed by atoms with E-state index in [2.05, 4.69) is 31.2 Å². The summed E-state index contributed by atoms with van der Waals surface area (Å²) in [5.74, 6) is -0.0823. The SMILES string of the molecule is C[C@H]1COC(C)(C)O[C@H]1/C=C/c1ccccc1. The molecule has 0 unspecified atom stereocenters. The number of benzene rings is 1. The van der Waals surface area contributed by atoms with Gasteiger partial charge in [0.25, 0.3) is 0 Å². The van der Waals surface area contributed by atoms with Gasteiger partial charge in [-0.3, -0.25) is 0 Å². The van der Waals surface area contributed by atoms with E-state index in [-0.39, 0.29) is 6.10 Å². The maximum Gasteiger partial charge on any atom is 0.163 e. The number of hydrogen-bond acceptors (Lipinski definition) is 2. The quantitative estimate of drug-likeness (QED) is 0.777. The first kappa shape index (κ1) is 12.3. The van der Waals surface area contributed by atoms with E-state index in [4.69, 9.17) is 9.47 Å². The molecule has 2 rings (SSSR count). The molecule has 1 aliphatic rings. The molecule has 0 aromatic heterocycles. The Balaban J connectivity index is 2.04. The summed E-state index contributed by atoms with van der Waals surface area (Å²) in [7, 11) is 0. The highest BCUT2D eigenvalue weighted by Crippen LogP contribution is 2.27.